The van der Waals surface area contributed by atoms with Gasteiger partial charge in [-0.15, -0.1) is 5.11 Å². The number of hydrogen-bond acceptors (Lipinski definition) is 6. The molecule has 0 saturated heterocycles. The van der Waals surface area contributed by atoms with E-state index < -0.39 is 17.5 Å². The van der Waals surface area contributed by atoms with Crippen LogP contribution in [0.4, 0.5) is 0 Å². The molecule has 6 nitrogen and oxygen atoms in total. The van der Waals surface area contributed by atoms with Gasteiger partial charge >= 0.3 is 11.9 Å². The molecule has 0 amide bonds. The molecule has 0 aromatic rings. The predicted molar refractivity (Wildman–Crippen MR) is 50.0 cm³/mol. The highest BCUT2D eigenvalue weighted by Crippen LogP contribution is 2.32. The summed E-state index contributed by atoms with van der Waals surface area (Å²) in [4.78, 5) is 22.7. The van der Waals surface area contributed by atoms with Gasteiger partial charge in [-0.1, -0.05) is 0 Å². The molecule has 0 N–H and O–H groups in total. The average Bonchev–Trinajstić information content (AvgIpc) is 2.52. The average molecular weight is 212 g/mol. The fraction of sp³-hybridized carbons (Fsp3) is 0.556. The van der Waals surface area contributed by atoms with Crippen LogP contribution in [-0.2, 0) is 19.1 Å². The lowest BCUT2D eigenvalue weighted by Gasteiger charge is -2.15. The van der Waals surface area contributed by atoms with E-state index in [1.54, 1.807) is 13.8 Å². The third-order valence-corrected chi connectivity index (χ3v) is 2.02. The van der Waals surface area contributed by atoms with E-state index in [-0.39, 0.29) is 11.3 Å². The molecule has 1 aliphatic heterocycles. The fourth-order valence-corrected chi connectivity index (χ4v) is 1.25. The van der Waals surface area contributed by atoms with Crippen LogP contribution in [0, 0.1) is 0 Å². The van der Waals surface area contributed by atoms with E-state index in [0.717, 1.165) is 0 Å². The number of rotatable bonds is 2. The molecule has 6 heteroatoms. The SMILES string of the molecule is COC(=O)C1=C(C(=O)OC)C(C)(C)N=N1. The van der Waals surface area contributed by atoms with Crippen LogP contribution in [0.1, 0.15) is 13.8 Å². The van der Waals surface area contributed by atoms with Gasteiger partial charge in [-0.2, -0.15) is 5.11 Å². The minimum atomic E-state index is -0.851. The minimum Gasteiger partial charge on any atom is -0.466 e. The van der Waals surface area contributed by atoms with Crippen molar-refractivity contribution in [3.05, 3.63) is 11.3 Å². The summed E-state index contributed by atoms with van der Waals surface area (Å²) in [6.45, 7) is 3.33. The number of carbonyl (C=O) groups is 2. The minimum absolute atomic E-state index is 0.0886. The largest absolute Gasteiger partial charge is 0.466 e. The van der Waals surface area contributed by atoms with E-state index in [4.69, 9.17) is 0 Å². The second kappa shape index (κ2) is 3.80. The van der Waals surface area contributed by atoms with Crippen molar-refractivity contribution < 1.29 is 19.1 Å². The van der Waals surface area contributed by atoms with Crippen molar-refractivity contribution in [2.24, 2.45) is 10.2 Å². The first-order valence-corrected chi connectivity index (χ1v) is 4.28. The third kappa shape index (κ3) is 1.88. The highest BCUT2D eigenvalue weighted by molar-refractivity contribution is 6.02. The monoisotopic (exact) mass is 212 g/mol. The molecule has 0 saturated carbocycles. The summed E-state index contributed by atoms with van der Waals surface area (Å²) >= 11 is 0. The van der Waals surface area contributed by atoms with Gasteiger partial charge in [0.2, 0.25) is 0 Å². The van der Waals surface area contributed by atoms with Gasteiger partial charge < -0.3 is 9.47 Å². The maximum Gasteiger partial charge on any atom is 0.359 e. The van der Waals surface area contributed by atoms with Crippen LogP contribution in [0.25, 0.3) is 0 Å². The molecule has 1 rings (SSSR count). The molecule has 0 unspecified atom stereocenters. The number of carbonyl (C=O) groups excluding carboxylic acids is 2. The van der Waals surface area contributed by atoms with Gasteiger partial charge in [0.05, 0.1) is 14.2 Å². The number of esters is 2. The zero-order valence-corrected chi connectivity index (χ0v) is 9.03. The van der Waals surface area contributed by atoms with Gasteiger partial charge in [-0.05, 0) is 13.8 Å². The molecule has 0 aromatic heterocycles. The highest BCUT2D eigenvalue weighted by atomic mass is 16.5. The van der Waals surface area contributed by atoms with Crippen LogP contribution >= 0.6 is 0 Å². The zero-order valence-electron chi connectivity index (χ0n) is 9.03. The van der Waals surface area contributed by atoms with E-state index >= 15 is 0 Å². The number of ether oxygens (including phenoxy) is 2. The van der Waals surface area contributed by atoms with Crippen LogP contribution in [-0.4, -0.2) is 31.7 Å². The van der Waals surface area contributed by atoms with Crippen molar-refractivity contribution in [3.63, 3.8) is 0 Å². The van der Waals surface area contributed by atoms with E-state index in [2.05, 4.69) is 19.7 Å². The first-order chi connectivity index (χ1) is 6.94. The second-order valence-corrected chi connectivity index (χ2v) is 3.47. The van der Waals surface area contributed by atoms with Crippen LogP contribution < -0.4 is 0 Å². The van der Waals surface area contributed by atoms with Gasteiger partial charge in [-0.25, -0.2) is 9.59 Å². The molecular weight excluding hydrogens is 200 g/mol. The standard InChI is InChI=1S/C9H12N2O4/c1-9(2)5(7(12)14-3)6(10-11-9)8(13)15-4/h1-4H3. The fourth-order valence-electron chi connectivity index (χ4n) is 1.25. The molecule has 1 heterocycles. The summed E-state index contributed by atoms with van der Waals surface area (Å²) in [6.07, 6.45) is 0. The maximum atomic E-state index is 11.5. The molecule has 1 aliphatic rings. The first kappa shape index (κ1) is 11.4. The normalized spacial score (nSPS) is 17.9. The van der Waals surface area contributed by atoms with Gasteiger partial charge in [0.1, 0.15) is 11.1 Å². The molecule has 0 radical (unpaired) electrons. The Hall–Kier alpha value is -1.72. The van der Waals surface area contributed by atoms with Gasteiger partial charge in [0.25, 0.3) is 0 Å². The first-order valence-electron chi connectivity index (χ1n) is 4.28. The van der Waals surface area contributed by atoms with Crippen LogP contribution in [0.2, 0.25) is 0 Å². The Kier molecular flexibility index (Phi) is 2.88. The summed E-state index contributed by atoms with van der Waals surface area (Å²) in [5, 5.41) is 7.46. The summed E-state index contributed by atoms with van der Waals surface area (Å²) in [5.41, 5.74) is -0.817. The lowest BCUT2D eigenvalue weighted by Crippen LogP contribution is -2.26. The molecule has 0 spiro atoms. The summed E-state index contributed by atoms with van der Waals surface area (Å²) in [7, 11) is 2.45. The number of hydrogen-bond donors (Lipinski definition) is 0. The number of methoxy groups -OCH3 is 2. The van der Waals surface area contributed by atoms with Crippen molar-refractivity contribution >= 4 is 11.9 Å². The topological polar surface area (TPSA) is 77.3 Å². The summed E-state index contributed by atoms with van der Waals surface area (Å²) in [6, 6.07) is 0. The molecular formula is C9H12N2O4. The van der Waals surface area contributed by atoms with E-state index in [0.29, 0.717) is 0 Å². The summed E-state index contributed by atoms with van der Waals surface area (Å²) in [5.74, 6) is -1.31. The Morgan fingerprint density at radius 3 is 2.13 bits per heavy atom. The van der Waals surface area contributed by atoms with E-state index in [1.165, 1.54) is 14.2 Å². The Morgan fingerprint density at radius 2 is 1.67 bits per heavy atom. The lowest BCUT2D eigenvalue weighted by atomic mass is 9.94. The summed E-state index contributed by atoms with van der Waals surface area (Å²) < 4.78 is 9.06. The predicted octanol–water partition coefficient (Wildman–Crippen LogP) is 0.831. The van der Waals surface area contributed by atoms with Gasteiger partial charge in [-0.3, -0.25) is 0 Å². The molecule has 82 valence electrons. The quantitative estimate of drug-likeness (QED) is 0.635. The van der Waals surface area contributed by atoms with Crippen molar-refractivity contribution in [1.82, 2.24) is 0 Å². The van der Waals surface area contributed by atoms with Crippen molar-refractivity contribution in [2.45, 2.75) is 19.4 Å². The Balaban J connectivity index is 3.22. The number of nitrogens with zero attached hydrogens (tertiary/aromatic N) is 2. The molecule has 15 heavy (non-hydrogen) atoms. The highest BCUT2D eigenvalue weighted by Gasteiger charge is 2.40. The maximum absolute atomic E-state index is 11.5. The molecule has 0 atom stereocenters. The molecule has 0 aliphatic carbocycles. The van der Waals surface area contributed by atoms with Crippen molar-refractivity contribution in [3.8, 4) is 0 Å². The molecule has 0 fully saturated rings. The van der Waals surface area contributed by atoms with Crippen LogP contribution in [0.5, 0.6) is 0 Å². The van der Waals surface area contributed by atoms with Gasteiger partial charge in [0.15, 0.2) is 5.70 Å². The van der Waals surface area contributed by atoms with Crippen molar-refractivity contribution in [1.29, 1.82) is 0 Å². The van der Waals surface area contributed by atoms with Crippen molar-refractivity contribution in [2.75, 3.05) is 14.2 Å². The lowest BCUT2D eigenvalue weighted by molar-refractivity contribution is -0.139. The third-order valence-electron chi connectivity index (χ3n) is 2.02. The second-order valence-electron chi connectivity index (χ2n) is 3.47. The smallest absolute Gasteiger partial charge is 0.359 e. The van der Waals surface area contributed by atoms with Crippen LogP contribution in [0.15, 0.2) is 21.5 Å². The Morgan fingerprint density at radius 1 is 1.13 bits per heavy atom. The van der Waals surface area contributed by atoms with E-state index in [9.17, 15) is 9.59 Å². The Bertz CT molecular complexity index is 368. The molecule has 0 aromatic carbocycles. The van der Waals surface area contributed by atoms with Crippen LogP contribution in [0.3, 0.4) is 0 Å². The zero-order chi connectivity index (χ0) is 11.6. The Labute approximate surface area is 87.0 Å². The number of azo groups is 1. The molecule has 0 bridgehead atoms. The van der Waals surface area contributed by atoms with Gasteiger partial charge in [0, 0.05) is 0 Å². The van der Waals surface area contributed by atoms with E-state index in [1.807, 2.05) is 0 Å².